The van der Waals surface area contributed by atoms with Crippen LogP contribution in [-0.2, 0) is 11.3 Å². The molecule has 0 aromatic carbocycles. The van der Waals surface area contributed by atoms with Gasteiger partial charge in [-0.05, 0) is 30.5 Å². The molecule has 17 heavy (non-hydrogen) atoms. The number of aromatic nitrogens is 1. The largest absolute Gasteiger partial charge is 0.340 e. The van der Waals surface area contributed by atoms with E-state index in [4.69, 9.17) is 5.73 Å². The predicted molar refractivity (Wildman–Crippen MR) is 68.2 cm³/mol. The number of pyridine rings is 1. The third kappa shape index (κ3) is 3.27. The molecule has 1 heterocycles. The van der Waals surface area contributed by atoms with E-state index < -0.39 is 5.54 Å². The van der Waals surface area contributed by atoms with Crippen LogP contribution in [0.4, 0.5) is 0 Å². The van der Waals surface area contributed by atoms with Crippen LogP contribution in [0.15, 0.2) is 24.5 Å². The molecule has 0 atom stereocenters. The summed E-state index contributed by atoms with van der Waals surface area (Å²) in [5, 5.41) is 0. The molecule has 1 amide bonds. The first-order valence-electron chi connectivity index (χ1n) is 5.97. The van der Waals surface area contributed by atoms with Crippen molar-refractivity contribution in [1.82, 2.24) is 9.88 Å². The van der Waals surface area contributed by atoms with Gasteiger partial charge in [0.15, 0.2) is 0 Å². The molecule has 1 aromatic heterocycles. The second-order valence-electron chi connectivity index (χ2n) is 4.38. The molecular formula is C13H21N3O. The molecule has 94 valence electrons. The fourth-order valence-electron chi connectivity index (χ4n) is 1.77. The monoisotopic (exact) mass is 235 g/mol. The van der Waals surface area contributed by atoms with Crippen molar-refractivity contribution in [3.63, 3.8) is 0 Å². The average Bonchev–Trinajstić information content (AvgIpc) is 2.38. The Bertz CT molecular complexity index is 360. The van der Waals surface area contributed by atoms with Gasteiger partial charge >= 0.3 is 0 Å². The zero-order chi connectivity index (χ0) is 12.9. The van der Waals surface area contributed by atoms with Crippen LogP contribution in [0.5, 0.6) is 0 Å². The number of likely N-dealkylation sites (N-methyl/N-ethyl adjacent to an activating group) is 1. The average molecular weight is 235 g/mol. The van der Waals surface area contributed by atoms with Crippen LogP contribution < -0.4 is 5.73 Å². The van der Waals surface area contributed by atoms with Gasteiger partial charge in [0.2, 0.25) is 5.91 Å². The fourth-order valence-corrected chi connectivity index (χ4v) is 1.77. The molecule has 0 fully saturated rings. The van der Waals surface area contributed by atoms with E-state index in [1.807, 2.05) is 26.0 Å². The summed E-state index contributed by atoms with van der Waals surface area (Å²) in [5.74, 6) is -0.000637. The number of nitrogens with two attached hydrogens (primary N) is 1. The molecule has 1 aromatic rings. The van der Waals surface area contributed by atoms with Gasteiger partial charge in [0.1, 0.15) is 0 Å². The first kappa shape index (κ1) is 13.6. The van der Waals surface area contributed by atoms with Gasteiger partial charge in [-0.3, -0.25) is 9.78 Å². The third-order valence-electron chi connectivity index (χ3n) is 3.20. The van der Waals surface area contributed by atoms with E-state index in [0.29, 0.717) is 19.4 Å². The summed E-state index contributed by atoms with van der Waals surface area (Å²) >= 11 is 0. The van der Waals surface area contributed by atoms with Crippen molar-refractivity contribution in [3.8, 4) is 0 Å². The van der Waals surface area contributed by atoms with Crippen molar-refractivity contribution in [2.75, 3.05) is 7.05 Å². The number of hydrogen-bond acceptors (Lipinski definition) is 3. The molecule has 0 aliphatic carbocycles. The van der Waals surface area contributed by atoms with Crippen molar-refractivity contribution >= 4 is 5.91 Å². The molecular weight excluding hydrogens is 214 g/mol. The number of hydrogen-bond donors (Lipinski definition) is 1. The summed E-state index contributed by atoms with van der Waals surface area (Å²) in [7, 11) is 1.79. The van der Waals surface area contributed by atoms with Crippen LogP contribution >= 0.6 is 0 Å². The molecule has 4 heteroatoms. The molecule has 0 unspecified atom stereocenters. The van der Waals surface area contributed by atoms with Gasteiger partial charge in [0, 0.05) is 26.0 Å². The van der Waals surface area contributed by atoms with Gasteiger partial charge in [-0.1, -0.05) is 13.8 Å². The topological polar surface area (TPSA) is 59.2 Å². The maximum absolute atomic E-state index is 12.2. The fraction of sp³-hybridized carbons (Fsp3) is 0.538. The van der Waals surface area contributed by atoms with Crippen molar-refractivity contribution in [2.24, 2.45) is 5.73 Å². The van der Waals surface area contributed by atoms with Gasteiger partial charge in [-0.25, -0.2) is 0 Å². The SMILES string of the molecule is CCC(N)(CC)C(=O)N(C)Cc1ccncc1. The first-order chi connectivity index (χ1) is 8.03. The molecule has 0 saturated heterocycles. The minimum absolute atomic E-state index is 0.000637. The van der Waals surface area contributed by atoms with Gasteiger partial charge in [0.05, 0.1) is 5.54 Å². The lowest BCUT2D eigenvalue weighted by molar-refractivity contribution is -0.136. The van der Waals surface area contributed by atoms with Gasteiger partial charge in [-0.2, -0.15) is 0 Å². The molecule has 0 radical (unpaired) electrons. The highest BCUT2D eigenvalue weighted by Crippen LogP contribution is 2.15. The molecule has 4 nitrogen and oxygen atoms in total. The maximum atomic E-state index is 12.2. The quantitative estimate of drug-likeness (QED) is 0.842. The van der Waals surface area contributed by atoms with E-state index in [9.17, 15) is 4.79 Å². The van der Waals surface area contributed by atoms with Crippen molar-refractivity contribution in [1.29, 1.82) is 0 Å². The molecule has 0 saturated carbocycles. The molecule has 0 bridgehead atoms. The molecule has 0 aliphatic heterocycles. The summed E-state index contributed by atoms with van der Waals surface area (Å²) in [6, 6.07) is 3.81. The van der Waals surface area contributed by atoms with Crippen LogP contribution in [0.1, 0.15) is 32.3 Å². The normalized spacial score (nSPS) is 11.3. The Kier molecular flexibility index (Phi) is 4.63. The first-order valence-corrected chi connectivity index (χ1v) is 5.97. The van der Waals surface area contributed by atoms with Crippen molar-refractivity contribution in [3.05, 3.63) is 30.1 Å². The summed E-state index contributed by atoms with van der Waals surface area (Å²) in [4.78, 5) is 17.9. The van der Waals surface area contributed by atoms with E-state index in [-0.39, 0.29) is 5.91 Å². The Morgan fingerprint density at radius 1 is 1.35 bits per heavy atom. The van der Waals surface area contributed by atoms with Crippen LogP contribution in [0.3, 0.4) is 0 Å². The Balaban J connectivity index is 2.71. The van der Waals surface area contributed by atoms with Crippen molar-refractivity contribution < 1.29 is 4.79 Å². The Labute approximate surface area is 103 Å². The third-order valence-corrected chi connectivity index (χ3v) is 3.20. The molecule has 0 aliphatic rings. The lowest BCUT2D eigenvalue weighted by atomic mass is 9.92. The smallest absolute Gasteiger partial charge is 0.242 e. The number of carbonyl (C=O) groups is 1. The number of rotatable bonds is 5. The van der Waals surface area contributed by atoms with Gasteiger partial charge in [0.25, 0.3) is 0 Å². The zero-order valence-electron chi connectivity index (χ0n) is 10.8. The van der Waals surface area contributed by atoms with E-state index in [0.717, 1.165) is 5.56 Å². The summed E-state index contributed by atoms with van der Waals surface area (Å²) in [5.41, 5.74) is 6.42. The zero-order valence-corrected chi connectivity index (χ0v) is 10.8. The number of carbonyl (C=O) groups excluding carboxylic acids is 1. The van der Waals surface area contributed by atoms with E-state index in [1.165, 1.54) is 0 Å². The van der Waals surface area contributed by atoms with E-state index >= 15 is 0 Å². The van der Waals surface area contributed by atoms with Crippen LogP contribution in [0.25, 0.3) is 0 Å². The highest BCUT2D eigenvalue weighted by Gasteiger charge is 2.32. The summed E-state index contributed by atoms with van der Waals surface area (Å²) in [6.07, 6.45) is 4.76. The minimum Gasteiger partial charge on any atom is -0.340 e. The number of amides is 1. The second-order valence-corrected chi connectivity index (χ2v) is 4.38. The molecule has 0 spiro atoms. The summed E-state index contributed by atoms with van der Waals surface area (Å²) < 4.78 is 0. The van der Waals surface area contributed by atoms with E-state index in [2.05, 4.69) is 4.98 Å². The van der Waals surface area contributed by atoms with Crippen molar-refractivity contribution in [2.45, 2.75) is 38.8 Å². The van der Waals surface area contributed by atoms with Crippen LogP contribution in [-0.4, -0.2) is 28.4 Å². The van der Waals surface area contributed by atoms with Crippen LogP contribution in [0.2, 0.25) is 0 Å². The maximum Gasteiger partial charge on any atom is 0.242 e. The second kappa shape index (κ2) is 5.77. The number of nitrogens with zero attached hydrogens (tertiary/aromatic N) is 2. The standard InChI is InChI=1S/C13H21N3O/c1-4-13(14,5-2)12(17)16(3)10-11-6-8-15-9-7-11/h6-9H,4-5,10,14H2,1-3H3. The summed E-state index contributed by atoms with van der Waals surface area (Å²) in [6.45, 7) is 4.46. The Morgan fingerprint density at radius 3 is 2.35 bits per heavy atom. The lowest BCUT2D eigenvalue weighted by Crippen LogP contribution is -2.53. The van der Waals surface area contributed by atoms with Crippen LogP contribution in [0, 0.1) is 0 Å². The van der Waals surface area contributed by atoms with E-state index in [1.54, 1.807) is 24.3 Å². The van der Waals surface area contributed by atoms with Gasteiger partial charge < -0.3 is 10.6 Å². The predicted octanol–water partition coefficient (Wildman–Crippen LogP) is 1.56. The van der Waals surface area contributed by atoms with Gasteiger partial charge in [-0.15, -0.1) is 0 Å². The highest BCUT2D eigenvalue weighted by atomic mass is 16.2. The molecule has 2 N–H and O–H groups in total. The Morgan fingerprint density at radius 2 is 1.88 bits per heavy atom. The highest BCUT2D eigenvalue weighted by molar-refractivity contribution is 5.85. The Hall–Kier alpha value is -1.42. The lowest BCUT2D eigenvalue weighted by Gasteiger charge is -2.30. The minimum atomic E-state index is -0.734. The molecule has 1 rings (SSSR count).